The molecule has 88 valence electrons. The van der Waals surface area contributed by atoms with Crippen LogP contribution in [0.1, 0.15) is 11.1 Å². The molecular weight excluding hydrogens is 270 g/mol. The Kier molecular flexibility index (Phi) is 4.50. The molecule has 0 aliphatic carbocycles. The molecule has 4 heteroatoms. The molecule has 3 nitrogen and oxygen atoms in total. The van der Waals surface area contributed by atoms with E-state index in [0.29, 0.717) is 6.42 Å². The number of benzene rings is 1. The zero-order chi connectivity index (χ0) is 12.3. The van der Waals surface area contributed by atoms with Crippen LogP contribution in [0.4, 0.5) is 0 Å². The van der Waals surface area contributed by atoms with Crippen LogP contribution in [0.3, 0.4) is 0 Å². The molecule has 0 aromatic heterocycles. The van der Waals surface area contributed by atoms with Gasteiger partial charge in [-0.25, -0.2) is 0 Å². The molecule has 0 aliphatic heterocycles. The van der Waals surface area contributed by atoms with Gasteiger partial charge in [-0.15, -0.1) is 0 Å². The summed E-state index contributed by atoms with van der Waals surface area (Å²) in [4.78, 5) is 12.8. The van der Waals surface area contributed by atoms with Gasteiger partial charge in [-0.05, 0) is 50.7 Å². The SMILES string of the molecule is Cc1cc(Br)ccc1CC(C(=O)O)N(C)C. The molecule has 1 N–H and O–H groups in total. The molecule has 0 heterocycles. The molecule has 1 aromatic carbocycles. The fraction of sp³-hybridized carbons (Fsp3) is 0.417. The number of halogens is 1. The molecule has 1 atom stereocenters. The largest absolute Gasteiger partial charge is 0.480 e. The van der Waals surface area contributed by atoms with E-state index < -0.39 is 12.0 Å². The number of likely N-dealkylation sites (N-methyl/N-ethyl adjacent to an activating group) is 1. The number of rotatable bonds is 4. The third-order valence-corrected chi connectivity index (χ3v) is 3.12. The summed E-state index contributed by atoms with van der Waals surface area (Å²) in [7, 11) is 3.57. The van der Waals surface area contributed by atoms with Crippen LogP contribution in [-0.2, 0) is 11.2 Å². The first-order valence-corrected chi connectivity index (χ1v) is 5.85. The Morgan fingerprint density at radius 1 is 1.50 bits per heavy atom. The minimum Gasteiger partial charge on any atom is -0.480 e. The summed E-state index contributed by atoms with van der Waals surface area (Å²) in [5.74, 6) is -0.785. The molecular formula is C12H16BrNO2. The molecule has 1 aromatic rings. The Hall–Kier alpha value is -0.870. The van der Waals surface area contributed by atoms with Crippen LogP contribution in [0, 0.1) is 6.92 Å². The fourth-order valence-corrected chi connectivity index (χ4v) is 2.06. The third kappa shape index (κ3) is 3.32. The maximum absolute atomic E-state index is 11.1. The van der Waals surface area contributed by atoms with Gasteiger partial charge in [-0.3, -0.25) is 9.69 Å². The van der Waals surface area contributed by atoms with Crippen molar-refractivity contribution in [3.05, 3.63) is 33.8 Å². The number of nitrogens with zero attached hydrogens (tertiary/aromatic N) is 1. The standard InChI is InChI=1S/C12H16BrNO2/c1-8-6-10(13)5-4-9(8)7-11(12(15)16)14(2)3/h4-6,11H,7H2,1-3H3,(H,15,16). The quantitative estimate of drug-likeness (QED) is 0.923. The van der Waals surface area contributed by atoms with Crippen molar-refractivity contribution in [3.8, 4) is 0 Å². The Morgan fingerprint density at radius 2 is 2.12 bits per heavy atom. The number of carboxylic acid groups (broad SMARTS) is 1. The van der Waals surface area contributed by atoms with E-state index in [2.05, 4.69) is 15.9 Å². The minimum absolute atomic E-state index is 0.472. The molecule has 0 fully saturated rings. The fourth-order valence-electron chi connectivity index (χ4n) is 1.59. The smallest absolute Gasteiger partial charge is 0.321 e. The zero-order valence-corrected chi connectivity index (χ0v) is 11.3. The Balaban J connectivity index is 2.90. The molecule has 0 saturated carbocycles. The lowest BCUT2D eigenvalue weighted by Crippen LogP contribution is -2.37. The van der Waals surface area contributed by atoms with Crippen LogP contribution in [0.2, 0.25) is 0 Å². The number of carboxylic acids is 1. The Labute approximate surface area is 104 Å². The molecule has 0 amide bonds. The molecule has 0 bridgehead atoms. The number of hydrogen-bond acceptors (Lipinski definition) is 2. The molecule has 0 radical (unpaired) electrons. The summed E-state index contributed by atoms with van der Waals surface area (Å²) >= 11 is 3.39. The minimum atomic E-state index is -0.785. The van der Waals surface area contributed by atoms with Crippen molar-refractivity contribution in [3.63, 3.8) is 0 Å². The molecule has 0 saturated heterocycles. The van der Waals surface area contributed by atoms with Gasteiger partial charge in [0, 0.05) is 4.47 Å². The van der Waals surface area contributed by atoms with Crippen molar-refractivity contribution < 1.29 is 9.90 Å². The predicted octanol–water partition coefficient (Wildman–Crippen LogP) is 2.31. The molecule has 16 heavy (non-hydrogen) atoms. The van der Waals surface area contributed by atoms with Gasteiger partial charge in [-0.2, -0.15) is 0 Å². The van der Waals surface area contributed by atoms with E-state index in [1.165, 1.54) is 0 Å². The van der Waals surface area contributed by atoms with E-state index >= 15 is 0 Å². The van der Waals surface area contributed by atoms with E-state index in [4.69, 9.17) is 5.11 Å². The normalized spacial score (nSPS) is 12.8. The monoisotopic (exact) mass is 285 g/mol. The van der Waals surface area contributed by atoms with Crippen molar-refractivity contribution in [1.29, 1.82) is 0 Å². The molecule has 1 unspecified atom stereocenters. The van der Waals surface area contributed by atoms with Crippen molar-refractivity contribution in [2.75, 3.05) is 14.1 Å². The highest BCUT2D eigenvalue weighted by Crippen LogP contribution is 2.18. The summed E-state index contributed by atoms with van der Waals surface area (Å²) in [6.07, 6.45) is 0.529. The molecule has 0 spiro atoms. The average molecular weight is 286 g/mol. The predicted molar refractivity (Wildman–Crippen MR) is 67.7 cm³/mol. The summed E-state index contributed by atoms with van der Waals surface area (Å²) in [5.41, 5.74) is 2.19. The second-order valence-electron chi connectivity index (χ2n) is 4.09. The lowest BCUT2D eigenvalue weighted by atomic mass is 10.0. The van der Waals surface area contributed by atoms with Gasteiger partial charge in [0.25, 0.3) is 0 Å². The average Bonchev–Trinajstić information content (AvgIpc) is 2.15. The summed E-state index contributed by atoms with van der Waals surface area (Å²) < 4.78 is 1.02. The van der Waals surface area contributed by atoms with Crippen molar-refractivity contribution in [2.45, 2.75) is 19.4 Å². The van der Waals surface area contributed by atoms with Gasteiger partial charge in [0.1, 0.15) is 6.04 Å². The third-order valence-electron chi connectivity index (χ3n) is 2.63. The van der Waals surface area contributed by atoms with Crippen molar-refractivity contribution in [1.82, 2.24) is 4.90 Å². The lowest BCUT2D eigenvalue weighted by Gasteiger charge is -2.20. The maximum Gasteiger partial charge on any atom is 0.321 e. The van der Waals surface area contributed by atoms with Gasteiger partial charge >= 0.3 is 5.97 Å². The zero-order valence-electron chi connectivity index (χ0n) is 9.70. The number of aliphatic carboxylic acids is 1. The van der Waals surface area contributed by atoms with Crippen LogP contribution in [0.25, 0.3) is 0 Å². The van der Waals surface area contributed by atoms with E-state index in [-0.39, 0.29) is 0 Å². The van der Waals surface area contributed by atoms with E-state index in [1.54, 1.807) is 19.0 Å². The van der Waals surface area contributed by atoms with Crippen LogP contribution in [0.5, 0.6) is 0 Å². The molecule has 0 aliphatic rings. The number of carbonyl (C=O) groups is 1. The van der Waals surface area contributed by atoms with Gasteiger partial charge in [-0.1, -0.05) is 22.0 Å². The van der Waals surface area contributed by atoms with Gasteiger partial charge < -0.3 is 5.11 Å². The van der Waals surface area contributed by atoms with E-state index in [0.717, 1.165) is 15.6 Å². The van der Waals surface area contributed by atoms with Gasteiger partial charge in [0.05, 0.1) is 0 Å². The van der Waals surface area contributed by atoms with Crippen LogP contribution >= 0.6 is 15.9 Å². The van der Waals surface area contributed by atoms with Gasteiger partial charge in [0.2, 0.25) is 0 Å². The summed E-state index contributed by atoms with van der Waals surface area (Å²) in [5, 5.41) is 9.10. The Morgan fingerprint density at radius 3 is 2.56 bits per heavy atom. The highest BCUT2D eigenvalue weighted by atomic mass is 79.9. The van der Waals surface area contributed by atoms with Crippen LogP contribution in [-0.4, -0.2) is 36.1 Å². The lowest BCUT2D eigenvalue weighted by molar-refractivity contribution is -0.142. The maximum atomic E-state index is 11.1. The van der Waals surface area contributed by atoms with Gasteiger partial charge in [0.15, 0.2) is 0 Å². The molecule has 1 rings (SSSR count). The summed E-state index contributed by atoms with van der Waals surface area (Å²) in [6, 6.07) is 5.44. The first kappa shape index (κ1) is 13.2. The van der Waals surface area contributed by atoms with Crippen molar-refractivity contribution in [2.24, 2.45) is 0 Å². The second-order valence-corrected chi connectivity index (χ2v) is 5.01. The highest BCUT2D eigenvalue weighted by Gasteiger charge is 2.20. The van der Waals surface area contributed by atoms with E-state index in [9.17, 15) is 4.79 Å². The van der Waals surface area contributed by atoms with Crippen LogP contribution in [0.15, 0.2) is 22.7 Å². The van der Waals surface area contributed by atoms with Crippen LogP contribution < -0.4 is 0 Å². The second kappa shape index (κ2) is 5.46. The summed E-state index contributed by atoms with van der Waals surface area (Å²) in [6.45, 7) is 1.99. The number of hydrogen-bond donors (Lipinski definition) is 1. The van der Waals surface area contributed by atoms with Crippen molar-refractivity contribution >= 4 is 21.9 Å². The van der Waals surface area contributed by atoms with E-state index in [1.807, 2.05) is 25.1 Å². The Bertz CT molecular complexity index is 391. The first-order valence-electron chi connectivity index (χ1n) is 5.06. The first-order chi connectivity index (χ1) is 7.41. The highest BCUT2D eigenvalue weighted by molar-refractivity contribution is 9.10. The number of aryl methyl sites for hydroxylation is 1. The topological polar surface area (TPSA) is 40.5 Å².